The molecule has 1 N–H and O–H groups in total. The lowest BCUT2D eigenvalue weighted by atomic mass is 9.81. The minimum atomic E-state index is -1.30. The molecule has 2 aromatic carbocycles. The monoisotopic (exact) mass is 424 g/mol. The van der Waals surface area contributed by atoms with Crippen molar-refractivity contribution in [3.8, 4) is 0 Å². The van der Waals surface area contributed by atoms with Gasteiger partial charge in [-0.1, -0.05) is 36.4 Å². The molecule has 4 rings (SSSR count). The van der Waals surface area contributed by atoms with Gasteiger partial charge in [0.15, 0.2) is 0 Å². The third-order valence-electron chi connectivity index (χ3n) is 5.56. The molecule has 0 aliphatic heterocycles. The third-order valence-corrected chi connectivity index (χ3v) is 6.22. The molecule has 7 heteroatoms. The Kier molecular flexibility index (Phi) is 5.03. The van der Waals surface area contributed by atoms with Crippen LogP contribution in [0.15, 0.2) is 60.7 Å². The van der Waals surface area contributed by atoms with Gasteiger partial charge in [0.2, 0.25) is 0 Å². The second-order valence-electron chi connectivity index (χ2n) is 7.26. The summed E-state index contributed by atoms with van der Waals surface area (Å²) in [5.41, 5.74) is 1.26. The largest absolute Gasteiger partial charge is 0.468 e. The van der Waals surface area contributed by atoms with Crippen LogP contribution in [-0.2, 0) is 19.7 Å². The minimum Gasteiger partial charge on any atom is -0.468 e. The summed E-state index contributed by atoms with van der Waals surface area (Å²) in [7, 11) is 2.63. The number of fused-ring (bicyclic) bond motifs is 2. The average Bonchev–Trinajstić information content (AvgIpc) is 3.38. The van der Waals surface area contributed by atoms with Crippen LogP contribution in [0.3, 0.4) is 0 Å². The summed E-state index contributed by atoms with van der Waals surface area (Å²) in [5.74, 6) is -0.518. The van der Waals surface area contributed by atoms with E-state index in [0.717, 1.165) is 16.3 Å². The van der Waals surface area contributed by atoms with Crippen molar-refractivity contribution in [3.63, 3.8) is 0 Å². The summed E-state index contributed by atoms with van der Waals surface area (Å²) in [6, 6.07) is 18.7. The fourth-order valence-corrected chi connectivity index (χ4v) is 4.24. The highest BCUT2D eigenvalue weighted by Gasteiger charge is 2.47. The van der Waals surface area contributed by atoms with Gasteiger partial charge in [0.25, 0.3) is 0 Å². The fourth-order valence-electron chi connectivity index (χ4n) is 3.87. The molecule has 30 heavy (non-hydrogen) atoms. The van der Waals surface area contributed by atoms with Crippen molar-refractivity contribution < 1.29 is 19.1 Å². The lowest BCUT2D eigenvalue weighted by Crippen LogP contribution is -2.39. The first kappa shape index (κ1) is 20.0. The highest BCUT2D eigenvalue weighted by molar-refractivity contribution is 6.24. The number of carbonyl (C=O) groups is 2. The van der Waals surface area contributed by atoms with Gasteiger partial charge in [-0.25, -0.2) is 9.36 Å². The van der Waals surface area contributed by atoms with Gasteiger partial charge < -0.3 is 14.5 Å². The molecule has 0 radical (unpaired) electrons. The average molecular weight is 425 g/mol. The lowest BCUT2D eigenvalue weighted by Gasteiger charge is -2.31. The number of carbonyl (C=O) groups excluding carboxylic acids is 2. The number of methoxy groups -OCH3 is 2. The minimum absolute atomic E-state index is 0.441. The van der Waals surface area contributed by atoms with Crippen molar-refractivity contribution in [2.75, 3.05) is 14.2 Å². The van der Waals surface area contributed by atoms with E-state index in [9.17, 15) is 9.59 Å². The van der Waals surface area contributed by atoms with Crippen molar-refractivity contribution in [2.24, 2.45) is 0 Å². The summed E-state index contributed by atoms with van der Waals surface area (Å²) in [6.07, 6.45) is -0.583. The molecule has 2 aromatic heterocycles. The summed E-state index contributed by atoms with van der Waals surface area (Å²) < 4.78 is 11.5. The third kappa shape index (κ3) is 2.95. The Bertz CT molecular complexity index is 1230. The number of hydrogen-bond acceptors (Lipinski definition) is 4. The molecule has 0 aliphatic rings. The van der Waals surface area contributed by atoms with E-state index >= 15 is 0 Å². The molecule has 2 heterocycles. The zero-order valence-electron chi connectivity index (χ0n) is 16.8. The van der Waals surface area contributed by atoms with Gasteiger partial charge in [-0.15, -0.1) is 11.6 Å². The number of benzene rings is 2. The molecule has 2 atom stereocenters. The zero-order valence-corrected chi connectivity index (χ0v) is 17.6. The van der Waals surface area contributed by atoms with Crippen LogP contribution < -0.4 is 0 Å². The summed E-state index contributed by atoms with van der Waals surface area (Å²) >= 11 is 6.98. The normalized spacial score (nSPS) is 14.4. The number of alkyl halides is 1. The predicted octanol–water partition coefficient (Wildman–Crippen LogP) is 5.15. The van der Waals surface area contributed by atoms with Gasteiger partial charge >= 0.3 is 12.1 Å². The quantitative estimate of drug-likeness (QED) is 0.363. The number of aromatic amines is 1. The van der Waals surface area contributed by atoms with Crippen LogP contribution in [0, 0.1) is 0 Å². The van der Waals surface area contributed by atoms with Crippen LogP contribution in [0.4, 0.5) is 4.79 Å². The number of para-hydroxylation sites is 2. The van der Waals surface area contributed by atoms with Crippen LogP contribution >= 0.6 is 11.6 Å². The number of nitrogens with zero attached hydrogens (tertiary/aromatic N) is 1. The van der Waals surface area contributed by atoms with E-state index in [4.69, 9.17) is 21.1 Å². The van der Waals surface area contributed by atoms with E-state index in [1.165, 1.54) is 18.8 Å². The summed E-state index contributed by atoms with van der Waals surface area (Å²) in [6.45, 7) is 1.71. The number of esters is 1. The van der Waals surface area contributed by atoms with Gasteiger partial charge in [0.1, 0.15) is 5.41 Å². The number of H-pyrrole nitrogens is 1. The zero-order chi connectivity index (χ0) is 21.5. The van der Waals surface area contributed by atoms with Crippen LogP contribution in [0.2, 0.25) is 0 Å². The number of halogens is 1. The molecule has 154 valence electrons. The number of aromatic nitrogens is 2. The highest BCUT2D eigenvalue weighted by atomic mass is 35.5. The molecule has 0 saturated heterocycles. The topological polar surface area (TPSA) is 73.3 Å². The molecule has 0 saturated carbocycles. The van der Waals surface area contributed by atoms with Crippen LogP contribution in [0.5, 0.6) is 0 Å². The van der Waals surface area contributed by atoms with Crippen molar-refractivity contribution in [3.05, 3.63) is 72.1 Å². The number of nitrogens with one attached hydrogen (secondary N) is 1. The van der Waals surface area contributed by atoms with Crippen molar-refractivity contribution in [1.82, 2.24) is 9.55 Å². The Morgan fingerprint density at radius 2 is 1.67 bits per heavy atom. The van der Waals surface area contributed by atoms with Crippen molar-refractivity contribution in [1.29, 1.82) is 0 Å². The van der Waals surface area contributed by atoms with Crippen LogP contribution in [0.1, 0.15) is 23.7 Å². The Balaban J connectivity index is 1.95. The summed E-state index contributed by atoms with van der Waals surface area (Å²) in [5, 5.41) is 0.830. The highest BCUT2D eigenvalue weighted by Crippen LogP contribution is 2.45. The molecule has 0 amide bonds. The lowest BCUT2D eigenvalue weighted by molar-refractivity contribution is -0.147. The molecule has 0 aliphatic carbocycles. The van der Waals surface area contributed by atoms with Crippen LogP contribution in [-0.4, -0.2) is 35.8 Å². The maximum atomic E-state index is 13.0. The van der Waals surface area contributed by atoms with E-state index in [-0.39, 0.29) is 0 Å². The van der Waals surface area contributed by atoms with Gasteiger partial charge in [0, 0.05) is 22.3 Å². The molecular weight excluding hydrogens is 404 g/mol. The molecule has 0 spiro atoms. The molecule has 0 fully saturated rings. The molecule has 2 unspecified atom stereocenters. The first-order chi connectivity index (χ1) is 14.4. The first-order valence-corrected chi connectivity index (χ1v) is 9.85. The maximum Gasteiger partial charge on any atom is 0.418 e. The fraction of sp³-hybridized carbons (Fsp3) is 0.217. The molecule has 6 nitrogen and oxygen atoms in total. The van der Waals surface area contributed by atoms with Crippen molar-refractivity contribution >= 4 is 45.5 Å². The Labute approximate surface area is 178 Å². The predicted molar refractivity (Wildman–Crippen MR) is 116 cm³/mol. The second kappa shape index (κ2) is 7.54. The van der Waals surface area contributed by atoms with Crippen LogP contribution in [0.25, 0.3) is 21.8 Å². The van der Waals surface area contributed by atoms with E-state index in [2.05, 4.69) is 4.98 Å². The smallest absolute Gasteiger partial charge is 0.418 e. The van der Waals surface area contributed by atoms with Gasteiger partial charge in [-0.2, -0.15) is 0 Å². The molecular formula is C23H21ClN2O4. The number of hydrogen-bond donors (Lipinski definition) is 1. The second-order valence-corrected chi connectivity index (χ2v) is 7.70. The molecule has 0 bridgehead atoms. The van der Waals surface area contributed by atoms with E-state index in [1.54, 1.807) is 19.1 Å². The van der Waals surface area contributed by atoms with Gasteiger partial charge in [-0.05, 0) is 36.6 Å². The van der Waals surface area contributed by atoms with E-state index < -0.39 is 22.9 Å². The number of rotatable bonds is 4. The SMILES string of the molecule is COC(=O)n1c(C(Cl)C(C)(C(=O)OC)c2cc3ccccc3[nH]2)cc2ccccc21. The Morgan fingerprint density at radius 1 is 1.00 bits per heavy atom. The standard InChI is InChI=1S/C23H21ClN2O4/c1-23(21(27)29-2,19-13-14-8-4-6-10-16(14)25-19)20(24)18-12-15-9-5-7-11-17(15)26(18)22(28)30-3/h4-13,20,25H,1-3H3. The van der Waals surface area contributed by atoms with E-state index in [1.807, 2.05) is 48.5 Å². The van der Waals surface area contributed by atoms with E-state index in [0.29, 0.717) is 16.9 Å². The number of ether oxygens (including phenoxy) is 2. The van der Waals surface area contributed by atoms with Gasteiger partial charge in [0.05, 0.1) is 25.1 Å². The van der Waals surface area contributed by atoms with Crippen molar-refractivity contribution in [2.45, 2.75) is 17.7 Å². The summed E-state index contributed by atoms with van der Waals surface area (Å²) in [4.78, 5) is 28.9. The Morgan fingerprint density at radius 3 is 2.33 bits per heavy atom. The maximum absolute atomic E-state index is 13.0. The first-order valence-electron chi connectivity index (χ1n) is 9.41. The Hall–Kier alpha value is -3.25. The molecule has 4 aromatic rings. The van der Waals surface area contributed by atoms with Gasteiger partial charge in [-0.3, -0.25) is 4.79 Å².